The second kappa shape index (κ2) is 9.06. The van der Waals surface area contributed by atoms with Gasteiger partial charge < -0.3 is 14.1 Å². The molecule has 6 heteroatoms. The van der Waals surface area contributed by atoms with E-state index in [1.54, 1.807) is 0 Å². The number of pyridine rings is 1. The Labute approximate surface area is 199 Å². The zero-order chi connectivity index (χ0) is 22.1. The highest BCUT2D eigenvalue weighted by atomic mass is 35.5. The van der Waals surface area contributed by atoms with E-state index in [1.807, 2.05) is 17.8 Å². The van der Waals surface area contributed by atoms with Crippen LogP contribution in [0, 0.1) is 0 Å². The zero-order valence-electron chi connectivity index (χ0n) is 18.8. The Hall–Kier alpha value is -2.05. The van der Waals surface area contributed by atoms with Gasteiger partial charge in [0.1, 0.15) is 13.1 Å². The number of ether oxygens (including phenoxy) is 1. The average Bonchev–Trinajstić information content (AvgIpc) is 3.11. The van der Waals surface area contributed by atoms with Gasteiger partial charge in [-0.1, -0.05) is 35.5 Å². The molecule has 2 aliphatic heterocycles. The van der Waals surface area contributed by atoms with Crippen LogP contribution in [0.15, 0.2) is 64.7 Å². The molecule has 0 saturated carbocycles. The van der Waals surface area contributed by atoms with Crippen molar-refractivity contribution in [2.45, 2.75) is 17.9 Å². The van der Waals surface area contributed by atoms with Gasteiger partial charge in [0.05, 0.1) is 49.3 Å². The molecule has 3 heterocycles. The van der Waals surface area contributed by atoms with Gasteiger partial charge in [0.2, 0.25) is 5.52 Å². The molecule has 0 spiro atoms. The van der Waals surface area contributed by atoms with E-state index in [0.29, 0.717) is 0 Å². The lowest BCUT2D eigenvalue weighted by Crippen LogP contribution is -2.53. The lowest BCUT2D eigenvalue weighted by atomic mass is 10.1. The SMILES string of the molecule is CN1/C(=C\c2cc[n+](CCC[N+]3(C)CCOCC3)c3cc(Cl)ccc23)Sc2ccccc21. The summed E-state index contributed by atoms with van der Waals surface area (Å²) in [4.78, 5) is 3.58. The lowest BCUT2D eigenvalue weighted by Gasteiger charge is -2.37. The van der Waals surface area contributed by atoms with Crippen LogP contribution in [-0.4, -0.2) is 51.4 Å². The summed E-state index contributed by atoms with van der Waals surface area (Å²) in [6.07, 6.45) is 5.65. The summed E-state index contributed by atoms with van der Waals surface area (Å²) in [5, 5.41) is 3.26. The molecule has 1 fully saturated rings. The number of quaternary nitrogens is 1. The van der Waals surface area contributed by atoms with Crippen LogP contribution in [0.3, 0.4) is 0 Å². The van der Waals surface area contributed by atoms with Crippen molar-refractivity contribution >= 4 is 46.0 Å². The molecule has 0 amide bonds. The number of hydrogen-bond acceptors (Lipinski definition) is 3. The number of morpholine rings is 1. The summed E-state index contributed by atoms with van der Waals surface area (Å²) in [7, 11) is 4.49. The third kappa shape index (κ3) is 4.40. The first-order valence-corrected chi connectivity index (χ1v) is 12.5. The average molecular weight is 468 g/mol. The molecular formula is C26H30ClN3OS+2. The molecule has 1 saturated heterocycles. The van der Waals surface area contributed by atoms with Gasteiger partial charge in [0, 0.05) is 29.1 Å². The first-order valence-electron chi connectivity index (χ1n) is 11.3. The van der Waals surface area contributed by atoms with Crippen LogP contribution in [0.4, 0.5) is 5.69 Å². The number of aryl methyl sites for hydroxylation is 1. The molecule has 0 bridgehead atoms. The topological polar surface area (TPSA) is 16.4 Å². The van der Waals surface area contributed by atoms with Gasteiger partial charge in [0.25, 0.3) is 0 Å². The number of rotatable bonds is 5. The van der Waals surface area contributed by atoms with Crippen LogP contribution in [0.2, 0.25) is 5.02 Å². The number of hydrogen-bond donors (Lipinski definition) is 0. The molecule has 32 heavy (non-hydrogen) atoms. The van der Waals surface area contributed by atoms with Crippen molar-refractivity contribution in [2.24, 2.45) is 0 Å². The minimum Gasteiger partial charge on any atom is -0.370 e. The fourth-order valence-corrected chi connectivity index (χ4v) is 5.93. The minimum atomic E-state index is 0.781. The highest BCUT2D eigenvalue weighted by Crippen LogP contribution is 2.45. The number of nitrogens with zero attached hydrogens (tertiary/aromatic N) is 3. The Bertz CT molecular complexity index is 1170. The number of anilines is 1. The van der Waals surface area contributed by atoms with E-state index in [9.17, 15) is 0 Å². The highest BCUT2D eigenvalue weighted by Gasteiger charge is 2.26. The van der Waals surface area contributed by atoms with E-state index in [0.717, 1.165) is 48.8 Å². The fourth-order valence-electron chi connectivity index (χ4n) is 4.66. The fraction of sp³-hybridized carbons (Fsp3) is 0.346. The summed E-state index contributed by atoms with van der Waals surface area (Å²) < 4.78 is 9.01. The Morgan fingerprint density at radius 2 is 1.97 bits per heavy atom. The number of benzene rings is 2. The molecule has 0 unspecified atom stereocenters. The Morgan fingerprint density at radius 3 is 2.78 bits per heavy atom. The lowest BCUT2D eigenvalue weighted by molar-refractivity contribution is -0.918. The predicted octanol–water partition coefficient (Wildman–Crippen LogP) is 5.19. The van der Waals surface area contributed by atoms with Crippen LogP contribution < -0.4 is 9.47 Å². The van der Waals surface area contributed by atoms with Gasteiger partial charge >= 0.3 is 0 Å². The molecule has 166 valence electrons. The standard InChI is InChI=1S/C26H30ClN3OS/c1-28-23-6-3-4-7-25(23)32-26(28)18-20-10-12-29(24-19-21(27)8-9-22(20)24)11-5-13-30(2)14-16-31-17-15-30/h3-4,6-10,12,18-19H,5,11,13-17H2,1-2H3/q+2. The van der Waals surface area contributed by atoms with Crippen molar-refractivity contribution < 1.29 is 13.8 Å². The number of fused-ring (bicyclic) bond motifs is 2. The third-order valence-corrected chi connectivity index (χ3v) is 8.11. The normalized spacial score (nSPS) is 19.0. The van der Waals surface area contributed by atoms with Gasteiger partial charge in [-0.25, -0.2) is 0 Å². The molecule has 5 rings (SSSR count). The molecule has 0 N–H and O–H groups in total. The molecule has 3 aromatic rings. The molecule has 0 aliphatic carbocycles. The van der Waals surface area contributed by atoms with Crippen LogP contribution in [0.25, 0.3) is 17.0 Å². The van der Waals surface area contributed by atoms with Crippen molar-refractivity contribution in [3.05, 3.63) is 70.3 Å². The van der Waals surface area contributed by atoms with Crippen molar-refractivity contribution in [1.82, 2.24) is 0 Å². The second-order valence-corrected chi connectivity index (χ2v) is 10.5. The van der Waals surface area contributed by atoms with Gasteiger partial charge in [-0.05, 0) is 35.9 Å². The van der Waals surface area contributed by atoms with E-state index in [2.05, 4.69) is 78.3 Å². The van der Waals surface area contributed by atoms with Crippen molar-refractivity contribution in [3.8, 4) is 0 Å². The molecule has 4 nitrogen and oxygen atoms in total. The van der Waals surface area contributed by atoms with E-state index in [1.165, 1.54) is 38.6 Å². The summed E-state index contributed by atoms with van der Waals surface area (Å²) in [5.41, 5.74) is 3.68. The molecule has 2 aromatic carbocycles. The molecule has 0 radical (unpaired) electrons. The molecule has 0 atom stereocenters. The summed E-state index contributed by atoms with van der Waals surface area (Å²) in [6, 6.07) is 17.1. The van der Waals surface area contributed by atoms with Gasteiger partial charge in [-0.2, -0.15) is 4.57 Å². The summed E-state index contributed by atoms with van der Waals surface area (Å²) >= 11 is 8.24. The zero-order valence-corrected chi connectivity index (χ0v) is 20.3. The minimum absolute atomic E-state index is 0.781. The highest BCUT2D eigenvalue weighted by molar-refractivity contribution is 8.03. The number of aromatic nitrogens is 1. The third-order valence-electron chi connectivity index (χ3n) is 6.71. The van der Waals surface area contributed by atoms with Crippen LogP contribution in [-0.2, 0) is 11.3 Å². The monoisotopic (exact) mass is 467 g/mol. The summed E-state index contributed by atoms with van der Waals surface area (Å²) in [5.74, 6) is 0. The second-order valence-electron chi connectivity index (χ2n) is 8.99. The largest absolute Gasteiger partial charge is 0.370 e. The van der Waals surface area contributed by atoms with Crippen LogP contribution in [0.5, 0.6) is 0 Å². The summed E-state index contributed by atoms with van der Waals surface area (Å²) in [6.45, 7) is 6.13. The Morgan fingerprint density at radius 1 is 1.16 bits per heavy atom. The first-order chi connectivity index (χ1) is 15.5. The van der Waals surface area contributed by atoms with Gasteiger partial charge in [0.15, 0.2) is 12.7 Å². The Balaban J connectivity index is 1.41. The van der Waals surface area contributed by atoms with E-state index in [4.69, 9.17) is 16.3 Å². The molecule has 1 aromatic heterocycles. The van der Waals surface area contributed by atoms with Crippen LogP contribution >= 0.6 is 23.4 Å². The Kier molecular flexibility index (Phi) is 6.17. The number of likely N-dealkylation sites (N-methyl/N-ethyl adjacent to an activating group) is 1. The predicted molar refractivity (Wildman–Crippen MR) is 134 cm³/mol. The number of halogens is 1. The first kappa shape index (κ1) is 21.8. The molecule has 2 aliphatic rings. The smallest absolute Gasteiger partial charge is 0.214 e. The van der Waals surface area contributed by atoms with Gasteiger partial charge in [-0.3, -0.25) is 0 Å². The van der Waals surface area contributed by atoms with Crippen molar-refractivity contribution in [3.63, 3.8) is 0 Å². The quantitative estimate of drug-likeness (QED) is 0.379. The van der Waals surface area contributed by atoms with Crippen LogP contribution in [0.1, 0.15) is 12.0 Å². The maximum Gasteiger partial charge on any atom is 0.214 e. The van der Waals surface area contributed by atoms with E-state index in [-0.39, 0.29) is 0 Å². The maximum absolute atomic E-state index is 6.42. The maximum atomic E-state index is 6.42. The van der Waals surface area contributed by atoms with E-state index >= 15 is 0 Å². The van der Waals surface area contributed by atoms with Crippen molar-refractivity contribution in [1.29, 1.82) is 0 Å². The number of thioether (sulfide) groups is 1. The number of para-hydroxylation sites is 1. The van der Waals surface area contributed by atoms with Crippen molar-refractivity contribution in [2.75, 3.05) is 51.8 Å². The molecular weight excluding hydrogens is 438 g/mol. The van der Waals surface area contributed by atoms with Gasteiger partial charge in [-0.15, -0.1) is 0 Å². The van der Waals surface area contributed by atoms with E-state index < -0.39 is 0 Å².